The summed E-state index contributed by atoms with van der Waals surface area (Å²) in [5, 5.41) is 21.4. The zero-order valence-corrected chi connectivity index (χ0v) is 14.1. The van der Waals surface area contributed by atoms with Gasteiger partial charge in [0.05, 0.1) is 22.3 Å². The van der Waals surface area contributed by atoms with Gasteiger partial charge >= 0.3 is 0 Å². The van der Waals surface area contributed by atoms with E-state index in [-0.39, 0.29) is 0 Å². The minimum atomic E-state index is 0.547. The molecule has 3 heterocycles. The van der Waals surface area contributed by atoms with E-state index in [1.165, 1.54) is 0 Å². The molecule has 0 unspecified atom stereocenters. The van der Waals surface area contributed by atoms with Crippen LogP contribution in [0.2, 0.25) is 0 Å². The van der Waals surface area contributed by atoms with Crippen molar-refractivity contribution in [2.24, 2.45) is 7.05 Å². The lowest BCUT2D eigenvalue weighted by Gasteiger charge is -2.06. The quantitative estimate of drug-likeness (QED) is 0.521. The van der Waals surface area contributed by atoms with Gasteiger partial charge in [0.25, 0.3) is 5.95 Å². The molecule has 0 radical (unpaired) electrons. The molecule has 0 saturated carbocycles. The lowest BCUT2D eigenvalue weighted by Crippen LogP contribution is -2.05. The summed E-state index contributed by atoms with van der Waals surface area (Å²) in [5.41, 5.74) is 3.24. The van der Waals surface area contributed by atoms with Crippen LogP contribution in [0.4, 0.5) is 0 Å². The second kappa shape index (κ2) is 6.33. The second-order valence-electron chi connectivity index (χ2n) is 5.26. The zero-order valence-electron chi connectivity index (χ0n) is 13.2. The third-order valence-electron chi connectivity index (χ3n) is 3.63. The number of para-hydroxylation sites is 2. The van der Waals surface area contributed by atoms with Crippen LogP contribution in [0.25, 0.3) is 17.0 Å². The smallest absolute Gasteiger partial charge is 0.256 e. The van der Waals surface area contributed by atoms with E-state index < -0.39 is 0 Å². The highest BCUT2D eigenvalue weighted by Crippen LogP contribution is 2.28. The lowest BCUT2D eigenvalue weighted by molar-refractivity contribution is 0.682. The van der Waals surface area contributed by atoms with Gasteiger partial charge in [0, 0.05) is 19.0 Å². The number of nitriles is 1. The molecule has 8 nitrogen and oxygen atoms in total. The van der Waals surface area contributed by atoms with Crippen LogP contribution in [-0.2, 0) is 12.8 Å². The minimum absolute atomic E-state index is 0.547. The van der Waals surface area contributed by atoms with Crippen LogP contribution in [0.15, 0.2) is 47.8 Å². The molecular weight excluding hydrogens is 336 g/mol. The number of aromatic nitrogens is 7. The number of aryl methyl sites for hydroxylation is 1. The summed E-state index contributed by atoms with van der Waals surface area (Å²) in [7, 11) is 1.79. The number of pyridine rings is 1. The van der Waals surface area contributed by atoms with Gasteiger partial charge in [0.2, 0.25) is 0 Å². The average Bonchev–Trinajstić information content (AvgIpc) is 3.23. The number of imidazole rings is 1. The van der Waals surface area contributed by atoms with E-state index in [1.807, 2.05) is 34.9 Å². The minimum Gasteiger partial charge on any atom is -0.259 e. The number of hydrogen-bond acceptors (Lipinski definition) is 7. The van der Waals surface area contributed by atoms with Crippen molar-refractivity contribution in [1.82, 2.24) is 34.7 Å². The fourth-order valence-electron chi connectivity index (χ4n) is 2.42. The van der Waals surface area contributed by atoms with E-state index in [9.17, 15) is 0 Å². The van der Waals surface area contributed by atoms with Crippen LogP contribution in [0.1, 0.15) is 11.3 Å². The highest BCUT2D eigenvalue weighted by Gasteiger charge is 2.17. The Bertz CT molecular complexity index is 1070. The van der Waals surface area contributed by atoms with Crippen LogP contribution >= 0.6 is 11.8 Å². The van der Waals surface area contributed by atoms with E-state index in [1.54, 1.807) is 35.8 Å². The maximum atomic E-state index is 8.86. The molecule has 3 aromatic heterocycles. The second-order valence-corrected chi connectivity index (χ2v) is 6.20. The Morgan fingerprint density at radius 3 is 2.80 bits per heavy atom. The standard InChI is InChI=1S/C16H12N8S/c1-23-15(20-21-22-23)24-14-5-3-2-4-13(14)19-16(24)25-10-12-7-6-11(8-17)9-18-12/h2-7,9H,10H2,1H3. The molecule has 4 rings (SSSR count). The fourth-order valence-corrected chi connectivity index (χ4v) is 3.34. The molecule has 122 valence electrons. The van der Waals surface area contributed by atoms with Crippen molar-refractivity contribution in [1.29, 1.82) is 5.26 Å². The Labute approximate surface area is 147 Å². The molecule has 0 N–H and O–H groups in total. The summed E-state index contributed by atoms with van der Waals surface area (Å²) >= 11 is 1.54. The number of thioether (sulfide) groups is 1. The number of benzene rings is 1. The van der Waals surface area contributed by atoms with E-state index in [2.05, 4.69) is 26.6 Å². The highest BCUT2D eigenvalue weighted by molar-refractivity contribution is 7.98. The van der Waals surface area contributed by atoms with Crippen molar-refractivity contribution < 1.29 is 0 Å². The maximum absolute atomic E-state index is 8.86. The summed E-state index contributed by atoms with van der Waals surface area (Å²) in [6.45, 7) is 0. The Hall–Kier alpha value is -3.25. The molecule has 0 bridgehead atoms. The normalized spacial score (nSPS) is 10.9. The molecule has 9 heteroatoms. The van der Waals surface area contributed by atoms with Crippen molar-refractivity contribution >= 4 is 22.8 Å². The molecule has 0 aliphatic rings. The Kier molecular flexibility index (Phi) is 3.87. The van der Waals surface area contributed by atoms with Crippen molar-refractivity contribution in [3.05, 3.63) is 53.9 Å². The van der Waals surface area contributed by atoms with Crippen LogP contribution in [0.5, 0.6) is 0 Å². The monoisotopic (exact) mass is 348 g/mol. The third kappa shape index (κ3) is 2.83. The summed E-state index contributed by atoms with van der Waals surface area (Å²) < 4.78 is 3.54. The molecule has 0 atom stereocenters. The van der Waals surface area contributed by atoms with Gasteiger partial charge in [-0.05, 0) is 34.7 Å². The van der Waals surface area contributed by atoms with Gasteiger partial charge in [-0.2, -0.15) is 5.26 Å². The molecule has 0 fully saturated rings. The predicted octanol–water partition coefficient (Wildman–Crippen LogP) is 2.11. The number of nitrogens with zero attached hydrogens (tertiary/aromatic N) is 8. The van der Waals surface area contributed by atoms with E-state index in [4.69, 9.17) is 10.2 Å². The van der Waals surface area contributed by atoms with Crippen LogP contribution in [0, 0.1) is 11.3 Å². The Morgan fingerprint density at radius 2 is 2.08 bits per heavy atom. The average molecular weight is 348 g/mol. The first kappa shape index (κ1) is 15.3. The van der Waals surface area contributed by atoms with E-state index >= 15 is 0 Å². The Morgan fingerprint density at radius 1 is 1.20 bits per heavy atom. The number of fused-ring (bicyclic) bond motifs is 1. The van der Waals surface area contributed by atoms with Gasteiger partial charge in [-0.25, -0.2) is 9.67 Å². The summed E-state index contributed by atoms with van der Waals surface area (Å²) in [4.78, 5) is 9.00. The fraction of sp³-hybridized carbons (Fsp3) is 0.125. The van der Waals surface area contributed by atoms with Gasteiger partial charge in [-0.1, -0.05) is 29.0 Å². The molecule has 0 aliphatic heterocycles. The highest BCUT2D eigenvalue weighted by atomic mass is 32.2. The zero-order chi connectivity index (χ0) is 17.2. The van der Waals surface area contributed by atoms with Crippen molar-refractivity contribution in [3.8, 4) is 12.0 Å². The first-order valence-electron chi connectivity index (χ1n) is 7.44. The van der Waals surface area contributed by atoms with E-state index in [0.717, 1.165) is 21.9 Å². The third-order valence-corrected chi connectivity index (χ3v) is 4.60. The number of tetrazole rings is 1. The maximum Gasteiger partial charge on any atom is 0.256 e. The van der Waals surface area contributed by atoms with Gasteiger partial charge in [-0.15, -0.1) is 0 Å². The number of rotatable bonds is 4. The summed E-state index contributed by atoms with van der Waals surface area (Å²) in [6.07, 6.45) is 1.57. The molecule has 1 aromatic carbocycles. The molecule has 0 spiro atoms. The summed E-state index contributed by atoms with van der Waals surface area (Å²) in [5.74, 6) is 1.23. The molecule has 0 aliphatic carbocycles. The van der Waals surface area contributed by atoms with Crippen molar-refractivity contribution in [3.63, 3.8) is 0 Å². The van der Waals surface area contributed by atoms with Gasteiger partial charge < -0.3 is 0 Å². The molecule has 25 heavy (non-hydrogen) atoms. The summed E-state index contributed by atoms with van der Waals surface area (Å²) in [6, 6.07) is 13.5. The van der Waals surface area contributed by atoms with Crippen LogP contribution in [0.3, 0.4) is 0 Å². The number of hydrogen-bond donors (Lipinski definition) is 0. The van der Waals surface area contributed by atoms with Crippen LogP contribution < -0.4 is 0 Å². The first-order chi connectivity index (χ1) is 12.3. The van der Waals surface area contributed by atoms with Gasteiger partial charge in [-0.3, -0.25) is 9.55 Å². The SMILES string of the molecule is Cn1nnnc1-n1c(SCc2ccc(C#N)cn2)nc2ccccc21. The molecule has 0 saturated heterocycles. The largest absolute Gasteiger partial charge is 0.259 e. The van der Waals surface area contributed by atoms with Crippen molar-refractivity contribution in [2.45, 2.75) is 10.9 Å². The molecule has 0 amide bonds. The van der Waals surface area contributed by atoms with Crippen LogP contribution in [-0.4, -0.2) is 34.7 Å². The molecular formula is C16H12N8S. The first-order valence-corrected chi connectivity index (χ1v) is 8.43. The predicted molar refractivity (Wildman–Crippen MR) is 91.9 cm³/mol. The molecule has 4 aromatic rings. The Balaban J connectivity index is 1.71. The lowest BCUT2D eigenvalue weighted by atomic mass is 10.3. The van der Waals surface area contributed by atoms with E-state index in [0.29, 0.717) is 17.3 Å². The van der Waals surface area contributed by atoms with Gasteiger partial charge in [0.15, 0.2) is 5.16 Å². The van der Waals surface area contributed by atoms with Gasteiger partial charge in [0.1, 0.15) is 6.07 Å². The topological polar surface area (TPSA) is 98.1 Å². The van der Waals surface area contributed by atoms with Crippen molar-refractivity contribution in [2.75, 3.05) is 0 Å².